The van der Waals surface area contributed by atoms with Gasteiger partial charge < -0.3 is 5.11 Å². The topological polar surface area (TPSA) is 108 Å². The zero-order valence-corrected chi connectivity index (χ0v) is 9.92. The predicted octanol–water partition coefficient (Wildman–Crippen LogP) is 0.588. The first-order valence-corrected chi connectivity index (χ1v) is 6.11. The molecular formula is C8H8F3N3O4S. The zero-order valence-electron chi connectivity index (χ0n) is 9.10. The van der Waals surface area contributed by atoms with Crippen LogP contribution in [0.5, 0.6) is 0 Å². The van der Waals surface area contributed by atoms with Gasteiger partial charge in [0.05, 0.1) is 0 Å². The average Bonchev–Trinajstić information content (AvgIpc) is 2.26. The molecule has 1 aromatic rings. The number of carboxylic acids is 1. The number of carboxylic acid groups (broad SMARTS) is 1. The summed E-state index contributed by atoms with van der Waals surface area (Å²) in [5.41, 5.74) is -0.486. The highest BCUT2D eigenvalue weighted by Crippen LogP contribution is 2.15. The Morgan fingerprint density at radius 2 is 2.05 bits per heavy atom. The van der Waals surface area contributed by atoms with E-state index in [4.69, 9.17) is 5.11 Å². The minimum atomic E-state index is -4.73. The number of carbonyl (C=O) groups is 1. The van der Waals surface area contributed by atoms with Crippen LogP contribution < -0.4 is 9.44 Å². The predicted molar refractivity (Wildman–Crippen MR) is 57.8 cm³/mol. The van der Waals surface area contributed by atoms with Crippen LogP contribution in [0.2, 0.25) is 0 Å². The van der Waals surface area contributed by atoms with Crippen molar-refractivity contribution in [3.8, 4) is 0 Å². The highest BCUT2D eigenvalue weighted by Gasteiger charge is 2.30. The molecule has 0 amide bonds. The third-order valence-corrected chi connectivity index (χ3v) is 2.72. The van der Waals surface area contributed by atoms with E-state index in [1.807, 2.05) is 0 Å². The summed E-state index contributed by atoms with van der Waals surface area (Å²) in [5.74, 6) is -2.05. The molecule has 0 aliphatic carbocycles. The van der Waals surface area contributed by atoms with Gasteiger partial charge in [0.15, 0.2) is 5.82 Å². The Labute approximate surface area is 105 Å². The number of alkyl halides is 3. The van der Waals surface area contributed by atoms with Crippen molar-refractivity contribution in [2.45, 2.75) is 6.18 Å². The van der Waals surface area contributed by atoms with Crippen LogP contribution in [0.1, 0.15) is 10.4 Å². The molecule has 1 heterocycles. The second-order valence-corrected chi connectivity index (χ2v) is 4.75. The van der Waals surface area contributed by atoms with Gasteiger partial charge >= 0.3 is 22.4 Å². The van der Waals surface area contributed by atoms with E-state index in [1.54, 1.807) is 4.72 Å². The van der Waals surface area contributed by atoms with E-state index in [0.717, 1.165) is 12.3 Å². The van der Waals surface area contributed by atoms with Gasteiger partial charge in [-0.2, -0.15) is 26.3 Å². The van der Waals surface area contributed by atoms with Crippen LogP contribution in [-0.4, -0.2) is 37.2 Å². The molecule has 7 nitrogen and oxygen atoms in total. The SMILES string of the molecule is O=C(O)c1cccnc1NS(=O)(=O)NCC(F)(F)F. The number of pyridine rings is 1. The Balaban J connectivity index is 2.87. The first kappa shape index (κ1) is 15.2. The van der Waals surface area contributed by atoms with E-state index in [9.17, 15) is 26.4 Å². The van der Waals surface area contributed by atoms with Crippen molar-refractivity contribution in [3.05, 3.63) is 23.9 Å². The van der Waals surface area contributed by atoms with E-state index in [0.29, 0.717) is 0 Å². The summed E-state index contributed by atoms with van der Waals surface area (Å²) in [6, 6.07) is 2.29. The van der Waals surface area contributed by atoms with Gasteiger partial charge in [-0.25, -0.2) is 9.78 Å². The number of halogens is 3. The van der Waals surface area contributed by atoms with Crippen molar-refractivity contribution in [2.75, 3.05) is 11.3 Å². The lowest BCUT2D eigenvalue weighted by atomic mass is 10.3. The van der Waals surface area contributed by atoms with E-state index < -0.39 is 40.3 Å². The van der Waals surface area contributed by atoms with Gasteiger partial charge in [-0.3, -0.25) is 4.72 Å². The Kier molecular flexibility index (Phi) is 4.32. The van der Waals surface area contributed by atoms with E-state index in [2.05, 4.69) is 4.98 Å². The summed E-state index contributed by atoms with van der Waals surface area (Å²) in [6.45, 7) is -1.78. The van der Waals surface area contributed by atoms with Crippen LogP contribution in [0.25, 0.3) is 0 Å². The minimum absolute atomic E-state index is 0.486. The summed E-state index contributed by atoms with van der Waals surface area (Å²) in [7, 11) is -4.57. The lowest BCUT2D eigenvalue weighted by molar-refractivity contribution is -0.121. The van der Waals surface area contributed by atoms with Gasteiger partial charge in [0.1, 0.15) is 12.1 Å². The highest BCUT2D eigenvalue weighted by molar-refractivity contribution is 7.90. The highest BCUT2D eigenvalue weighted by atomic mass is 32.2. The first-order valence-electron chi connectivity index (χ1n) is 4.63. The number of nitrogens with zero attached hydrogens (tertiary/aromatic N) is 1. The minimum Gasteiger partial charge on any atom is -0.478 e. The van der Waals surface area contributed by atoms with Gasteiger partial charge in [0.25, 0.3) is 0 Å². The summed E-state index contributed by atoms with van der Waals surface area (Å²) in [4.78, 5) is 14.2. The fraction of sp³-hybridized carbons (Fsp3) is 0.250. The van der Waals surface area contributed by atoms with Gasteiger partial charge in [-0.1, -0.05) is 0 Å². The molecule has 0 atom stereocenters. The monoisotopic (exact) mass is 299 g/mol. The lowest BCUT2D eigenvalue weighted by Crippen LogP contribution is -2.37. The molecule has 19 heavy (non-hydrogen) atoms. The van der Waals surface area contributed by atoms with E-state index in [-0.39, 0.29) is 0 Å². The molecule has 0 radical (unpaired) electrons. The number of nitrogens with one attached hydrogen (secondary N) is 2. The standard InChI is InChI=1S/C8H8F3N3O4S/c9-8(10,11)4-13-19(17,18)14-6-5(7(15)16)2-1-3-12-6/h1-3,13H,4H2,(H,12,14)(H,15,16). The molecule has 1 aromatic heterocycles. The Bertz CT molecular complexity index is 573. The van der Waals surface area contributed by atoms with Crippen LogP contribution in [0.3, 0.4) is 0 Å². The molecular weight excluding hydrogens is 291 g/mol. The van der Waals surface area contributed by atoms with Gasteiger partial charge in [0, 0.05) is 6.20 Å². The van der Waals surface area contributed by atoms with E-state index >= 15 is 0 Å². The summed E-state index contributed by atoms with van der Waals surface area (Å²) < 4.78 is 61.0. The largest absolute Gasteiger partial charge is 0.478 e. The third-order valence-electron chi connectivity index (χ3n) is 1.73. The molecule has 0 unspecified atom stereocenters. The molecule has 0 aliphatic rings. The number of aromatic carboxylic acids is 1. The second kappa shape index (κ2) is 5.40. The van der Waals surface area contributed by atoms with Crippen LogP contribution in [0, 0.1) is 0 Å². The molecule has 0 bridgehead atoms. The van der Waals surface area contributed by atoms with Crippen LogP contribution in [-0.2, 0) is 10.2 Å². The molecule has 0 aromatic carbocycles. The average molecular weight is 299 g/mol. The molecule has 0 fully saturated rings. The van der Waals surface area contributed by atoms with Crippen molar-refractivity contribution in [1.29, 1.82) is 0 Å². The first-order chi connectivity index (χ1) is 8.61. The molecule has 11 heteroatoms. The quantitative estimate of drug-likeness (QED) is 0.737. The zero-order chi connectivity index (χ0) is 14.7. The number of hydrogen-bond donors (Lipinski definition) is 3. The maximum atomic E-state index is 11.9. The smallest absolute Gasteiger partial charge is 0.402 e. The number of anilines is 1. The summed E-state index contributed by atoms with van der Waals surface area (Å²) in [6.07, 6.45) is -3.64. The van der Waals surface area contributed by atoms with Gasteiger partial charge in [-0.15, -0.1) is 0 Å². The van der Waals surface area contributed by atoms with Gasteiger partial charge in [-0.05, 0) is 12.1 Å². The molecule has 0 aliphatic heterocycles. The van der Waals surface area contributed by atoms with E-state index in [1.165, 1.54) is 10.8 Å². The molecule has 0 saturated carbocycles. The number of hydrogen-bond acceptors (Lipinski definition) is 4. The van der Waals surface area contributed by atoms with Gasteiger partial charge in [0.2, 0.25) is 0 Å². The van der Waals surface area contributed by atoms with Crippen LogP contribution in [0.4, 0.5) is 19.0 Å². The molecule has 3 N–H and O–H groups in total. The Morgan fingerprint density at radius 3 is 2.58 bits per heavy atom. The van der Waals surface area contributed by atoms with Crippen molar-refractivity contribution in [3.63, 3.8) is 0 Å². The van der Waals surface area contributed by atoms with Crippen molar-refractivity contribution in [2.24, 2.45) is 0 Å². The fourth-order valence-corrected chi connectivity index (χ4v) is 1.84. The Morgan fingerprint density at radius 1 is 1.42 bits per heavy atom. The van der Waals surface area contributed by atoms with Crippen LogP contribution in [0.15, 0.2) is 18.3 Å². The van der Waals surface area contributed by atoms with Crippen molar-refractivity contribution >= 4 is 22.0 Å². The lowest BCUT2D eigenvalue weighted by Gasteiger charge is -2.11. The number of rotatable bonds is 5. The number of aromatic nitrogens is 1. The van der Waals surface area contributed by atoms with Crippen molar-refractivity contribution < 1.29 is 31.5 Å². The molecule has 1 rings (SSSR count). The second-order valence-electron chi connectivity index (χ2n) is 3.25. The maximum Gasteiger partial charge on any atom is 0.402 e. The molecule has 0 saturated heterocycles. The third kappa shape index (κ3) is 5.09. The van der Waals surface area contributed by atoms with Crippen LogP contribution >= 0.6 is 0 Å². The molecule has 106 valence electrons. The molecule has 0 spiro atoms. The summed E-state index contributed by atoms with van der Waals surface area (Å²) >= 11 is 0. The Hall–Kier alpha value is -1.88. The van der Waals surface area contributed by atoms with Crippen molar-refractivity contribution in [1.82, 2.24) is 9.71 Å². The fourth-order valence-electron chi connectivity index (χ4n) is 0.999. The summed E-state index contributed by atoms with van der Waals surface area (Å²) in [5, 5.41) is 8.75. The normalized spacial score (nSPS) is 12.2. The maximum absolute atomic E-state index is 11.9.